The molecule has 2 aromatic heterocycles. The van der Waals surface area contributed by atoms with Crippen molar-refractivity contribution in [2.24, 2.45) is 5.73 Å². The maximum atomic E-state index is 6.04. The highest BCUT2D eigenvalue weighted by molar-refractivity contribution is 5.58. The fraction of sp³-hybridized carbons (Fsp3) is 0.533. The van der Waals surface area contributed by atoms with Crippen LogP contribution in [0.1, 0.15) is 18.7 Å². The van der Waals surface area contributed by atoms with E-state index < -0.39 is 0 Å². The van der Waals surface area contributed by atoms with E-state index in [0.717, 1.165) is 37.3 Å². The van der Waals surface area contributed by atoms with E-state index >= 15 is 0 Å². The predicted molar refractivity (Wildman–Crippen MR) is 82.5 cm³/mol. The molecule has 0 spiro atoms. The second-order valence-corrected chi connectivity index (χ2v) is 5.51. The minimum Gasteiger partial charge on any atom is -0.384 e. The van der Waals surface area contributed by atoms with Gasteiger partial charge in [-0.05, 0) is 25.0 Å². The number of rotatable bonds is 5. The van der Waals surface area contributed by atoms with E-state index in [2.05, 4.69) is 20.0 Å². The number of nitrogens with two attached hydrogens (primary N) is 1. The quantitative estimate of drug-likeness (QED) is 0.888. The summed E-state index contributed by atoms with van der Waals surface area (Å²) >= 11 is 0. The number of aromatic nitrogens is 3. The summed E-state index contributed by atoms with van der Waals surface area (Å²) in [4.78, 5) is 11.0. The van der Waals surface area contributed by atoms with Crippen LogP contribution in [0.15, 0.2) is 22.9 Å². The summed E-state index contributed by atoms with van der Waals surface area (Å²) in [5.74, 6) is 2.07. The van der Waals surface area contributed by atoms with Crippen LogP contribution in [0.3, 0.4) is 0 Å². The molecule has 7 heteroatoms. The Labute approximate surface area is 129 Å². The van der Waals surface area contributed by atoms with Crippen molar-refractivity contribution in [2.75, 3.05) is 31.7 Å². The zero-order chi connectivity index (χ0) is 15.4. The molecular weight excluding hydrogens is 282 g/mol. The highest BCUT2D eigenvalue weighted by Crippen LogP contribution is 2.23. The molecule has 0 saturated carbocycles. The highest BCUT2D eigenvalue weighted by Gasteiger charge is 2.19. The number of piperidine rings is 1. The zero-order valence-electron chi connectivity index (χ0n) is 12.7. The standard InChI is InChI=1S/C15H21N5O2/c1-21-8-5-13-18-15(22-19-13)11-4-6-17-14(9-11)20-7-2-3-12(16)10-20/h4,6,9,12H,2-3,5,7-8,10,16H2,1H3. The molecule has 1 aliphatic rings. The van der Waals surface area contributed by atoms with E-state index in [9.17, 15) is 0 Å². The number of pyridine rings is 1. The van der Waals surface area contributed by atoms with E-state index in [1.165, 1.54) is 0 Å². The molecule has 3 heterocycles. The third kappa shape index (κ3) is 3.42. The van der Waals surface area contributed by atoms with Gasteiger partial charge in [-0.3, -0.25) is 0 Å². The van der Waals surface area contributed by atoms with Crippen LogP contribution in [0.4, 0.5) is 5.82 Å². The van der Waals surface area contributed by atoms with E-state index in [4.69, 9.17) is 15.0 Å². The lowest BCUT2D eigenvalue weighted by molar-refractivity contribution is 0.199. The van der Waals surface area contributed by atoms with E-state index in [1.807, 2.05) is 12.1 Å². The fourth-order valence-corrected chi connectivity index (χ4v) is 2.61. The van der Waals surface area contributed by atoms with Crippen molar-refractivity contribution in [1.82, 2.24) is 15.1 Å². The molecule has 0 radical (unpaired) electrons. The molecule has 7 nitrogen and oxygen atoms in total. The molecule has 1 unspecified atom stereocenters. The molecule has 22 heavy (non-hydrogen) atoms. The van der Waals surface area contributed by atoms with Gasteiger partial charge in [-0.15, -0.1) is 0 Å². The van der Waals surface area contributed by atoms with Crippen LogP contribution in [0.2, 0.25) is 0 Å². The summed E-state index contributed by atoms with van der Waals surface area (Å²) in [6.07, 6.45) is 4.57. The van der Waals surface area contributed by atoms with Gasteiger partial charge in [-0.25, -0.2) is 4.98 Å². The van der Waals surface area contributed by atoms with Gasteiger partial charge in [0.2, 0.25) is 0 Å². The Kier molecular flexibility index (Phi) is 4.65. The van der Waals surface area contributed by atoms with Crippen LogP contribution in [-0.4, -0.2) is 48.0 Å². The maximum absolute atomic E-state index is 6.04. The number of hydrogen-bond acceptors (Lipinski definition) is 7. The number of hydrogen-bond donors (Lipinski definition) is 1. The van der Waals surface area contributed by atoms with Crippen LogP contribution in [0.25, 0.3) is 11.5 Å². The van der Waals surface area contributed by atoms with E-state index in [0.29, 0.717) is 24.7 Å². The molecule has 118 valence electrons. The van der Waals surface area contributed by atoms with Crippen LogP contribution < -0.4 is 10.6 Å². The second-order valence-electron chi connectivity index (χ2n) is 5.51. The number of anilines is 1. The Morgan fingerprint density at radius 1 is 1.50 bits per heavy atom. The molecule has 0 amide bonds. The van der Waals surface area contributed by atoms with Crippen molar-refractivity contribution in [1.29, 1.82) is 0 Å². The van der Waals surface area contributed by atoms with Gasteiger partial charge in [0, 0.05) is 44.4 Å². The van der Waals surface area contributed by atoms with Crippen LogP contribution in [-0.2, 0) is 11.2 Å². The predicted octanol–water partition coefficient (Wildman–Crippen LogP) is 1.25. The number of ether oxygens (including phenoxy) is 1. The SMILES string of the molecule is COCCc1noc(-c2ccnc(N3CCCC(N)C3)c2)n1. The summed E-state index contributed by atoms with van der Waals surface area (Å²) in [6, 6.07) is 4.07. The summed E-state index contributed by atoms with van der Waals surface area (Å²) in [5, 5.41) is 3.96. The molecular formula is C15H21N5O2. The average molecular weight is 303 g/mol. The Bertz CT molecular complexity index is 615. The Morgan fingerprint density at radius 2 is 2.41 bits per heavy atom. The fourth-order valence-electron chi connectivity index (χ4n) is 2.61. The minimum atomic E-state index is 0.211. The van der Waals surface area contributed by atoms with E-state index in [1.54, 1.807) is 13.3 Å². The molecule has 1 aliphatic heterocycles. The monoisotopic (exact) mass is 303 g/mol. The first-order valence-electron chi connectivity index (χ1n) is 7.55. The molecule has 1 saturated heterocycles. The lowest BCUT2D eigenvalue weighted by Gasteiger charge is -2.31. The van der Waals surface area contributed by atoms with E-state index in [-0.39, 0.29) is 6.04 Å². The molecule has 1 atom stereocenters. The zero-order valence-corrected chi connectivity index (χ0v) is 12.7. The van der Waals surface area contributed by atoms with Gasteiger partial charge < -0.3 is 19.9 Å². The van der Waals surface area contributed by atoms with Gasteiger partial charge in [0.05, 0.1) is 6.61 Å². The molecule has 0 bridgehead atoms. The summed E-state index contributed by atoms with van der Waals surface area (Å²) < 4.78 is 10.3. The number of nitrogens with zero attached hydrogens (tertiary/aromatic N) is 4. The topological polar surface area (TPSA) is 90.3 Å². The maximum Gasteiger partial charge on any atom is 0.258 e. The second kappa shape index (κ2) is 6.85. The Hall–Kier alpha value is -1.99. The lowest BCUT2D eigenvalue weighted by atomic mass is 10.1. The van der Waals surface area contributed by atoms with Gasteiger partial charge in [0.15, 0.2) is 5.82 Å². The van der Waals surface area contributed by atoms with Gasteiger partial charge in [-0.2, -0.15) is 4.98 Å². The van der Waals surface area contributed by atoms with Crippen molar-refractivity contribution in [3.05, 3.63) is 24.2 Å². The normalized spacial score (nSPS) is 18.6. The van der Waals surface area contributed by atoms with Crippen molar-refractivity contribution in [3.63, 3.8) is 0 Å². The van der Waals surface area contributed by atoms with Gasteiger partial charge >= 0.3 is 0 Å². The number of methoxy groups -OCH3 is 1. The summed E-state index contributed by atoms with van der Waals surface area (Å²) in [6.45, 7) is 2.39. The van der Waals surface area contributed by atoms with Gasteiger partial charge in [0.25, 0.3) is 5.89 Å². The Morgan fingerprint density at radius 3 is 3.23 bits per heavy atom. The lowest BCUT2D eigenvalue weighted by Crippen LogP contribution is -2.43. The molecule has 1 fully saturated rings. The first kappa shape index (κ1) is 14.9. The molecule has 0 aromatic carbocycles. The van der Waals surface area contributed by atoms with Crippen molar-refractivity contribution < 1.29 is 9.26 Å². The van der Waals surface area contributed by atoms with Crippen molar-refractivity contribution in [2.45, 2.75) is 25.3 Å². The first-order valence-corrected chi connectivity index (χ1v) is 7.55. The largest absolute Gasteiger partial charge is 0.384 e. The smallest absolute Gasteiger partial charge is 0.258 e. The summed E-state index contributed by atoms with van der Waals surface area (Å²) in [5.41, 5.74) is 6.91. The third-order valence-corrected chi connectivity index (χ3v) is 3.77. The highest BCUT2D eigenvalue weighted by atomic mass is 16.5. The molecule has 2 aromatic rings. The van der Waals surface area contributed by atoms with Crippen molar-refractivity contribution in [3.8, 4) is 11.5 Å². The third-order valence-electron chi connectivity index (χ3n) is 3.77. The van der Waals surface area contributed by atoms with Crippen LogP contribution in [0.5, 0.6) is 0 Å². The Balaban J connectivity index is 1.77. The average Bonchev–Trinajstić information content (AvgIpc) is 3.02. The van der Waals surface area contributed by atoms with Crippen LogP contribution >= 0.6 is 0 Å². The molecule has 3 rings (SSSR count). The first-order chi connectivity index (χ1) is 10.8. The minimum absolute atomic E-state index is 0.211. The summed E-state index contributed by atoms with van der Waals surface area (Å²) in [7, 11) is 1.65. The molecule has 0 aliphatic carbocycles. The van der Waals surface area contributed by atoms with Gasteiger partial charge in [-0.1, -0.05) is 5.16 Å². The van der Waals surface area contributed by atoms with Crippen molar-refractivity contribution >= 4 is 5.82 Å². The molecule has 2 N–H and O–H groups in total. The van der Waals surface area contributed by atoms with Gasteiger partial charge in [0.1, 0.15) is 5.82 Å². The van der Waals surface area contributed by atoms with Crippen LogP contribution in [0, 0.1) is 0 Å².